The van der Waals surface area contributed by atoms with E-state index < -0.39 is 0 Å². The Morgan fingerprint density at radius 3 is 2.60 bits per heavy atom. The van der Waals surface area contributed by atoms with Gasteiger partial charge in [0.15, 0.2) is 0 Å². The van der Waals surface area contributed by atoms with Crippen LogP contribution in [0.2, 0.25) is 5.02 Å². The van der Waals surface area contributed by atoms with E-state index in [1.54, 1.807) is 6.20 Å². The molecular weight excluding hydrogens is 394 g/mol. The molecule has 0 bridgehead atoms. The van der Waals surface area contributed by atoms with Crippen molar-refractivity contribution in [2.45, 2.75) is 83.2 Å². The van der Waals surface area contributed by atoms with E-state index in [0.29, 0.717) is 23.1 Å². The van der Waals surface area contributed by atoms with Crippen LogP contribution in [0.3, 0.4) is 0 Å². The topological polar surface area (TPSA) is 54.8 Å². The molecule has 0 saturated heterocycles. The van der Waals surface area contributed by atoms with E-state index in [2.05, 4.69) is 46.4 Å². The summed E-state index contributed by atoms with van der Waals surface area (Å²) < 4.78 is 2.22. The van der Waals surface area contributed by atoms with Crippen LogP contribution in [0.4, 0.5) is 5.95 Å². The van der Waals surface area contributed by atoms with Gasteiger partial charge in [-0.15, -0.1) is 0 Å². The maximum atomic E-state index is 6.53. The van der Waals surface area contributed by atoms with Gasteiger partial charge in [-0.25, -0.2) is 9.97 Å². The Bertz CT molecular complexity index is 821. The second kappa shape index (κ2) is 10.1. The summed E-state index contributed by atoms with van der Waals surface area (Å²) in [7, 11) is 2.12. The van der Waals surface area contributed by atoms with Crippen LogP contribution in [-0.2, 0) is 13.5 Å². The van der Waals surface area contributed by atoms with Crippen molar-refractivity contribution in [3.63, 3.8) is 0 Å². The van der Waals surface area contributed by atoms with Crippen molar-refractivity contribution in [3.8, 4) is 11.3 Å². The van der Waals surface area contributed by atoms with Crippen LogP contribution in [-0.4, -0.2) is 33.2 Å². The van der Waals surface area contributed by atoms with Crippen molar-refractivity contribution >= 4 is 17.5 Å². The number of rotatable bonds is 10. The number of hydrogen-bond acceptors (Lipinski definition) is 4. The van der Waals surface area contributed by atoms with Crippen LogP contribution in [0.1, 0.15) is 70.4 Å². The van der Waals surface area contributed by atoms with E-state index in [0.717, 1.165) is 43.0 Å². The third-order valence-corrected chi connectivity index (χ3v) is 6.93. The van der Waals surface area contributed by atoms with Crippen LogP contribution in [0.15, 0.2) is 18.5 Å². The maximum absolute atomic E-state index is 6.53. The molecule has 0 aromatic carbocycles. The highest BCUT2D eigenvalue weighted by Gasteiger charge is 2.26. The Hall–Kier alpha value is -1.59. The third-order valence-electron chi connectivity index (χ3n) is 6.65. The molecule has 2 saturated carbocycles. The molecule has 2 heterocycles. The predicted octanol–water partition coefficient (Wildman–Crippen LogP) is 5.59. The molecule has 2 aromatic heterocycles. The average Bonchev–Trinajstić information content (AvgIpc) is 3.50. The molecule has 6 heteroatoms. The highest BCUT2D eigenvalue weighted by Crippen LogP contribution is 2.37. The number of unbranched alkanes of at least 4 members (excludes halogenated alkanes) is 2. The van der Waals surface area contributed by atoms with Crippen molar-refractivity contribution in [2.24, 2.45) is 13.0 Å². The van der Waals surface area contributed by atoms with Gasteiger partial charge in [-0.3, -0.25) is 0 Å². The van der Waals surface area contributed by atoms with Gasteiger partial charge in [0, 0.05) is 36.6 Å². The van der Waals surface area contributed by atoms with Gasteiger partial charge >= 0.3 is 0 Å². The van der Waals surface area contributed by atoms with Crippen molar-refractivity contribution in [1.82, 2.24) is 19.9 Å². The van der Waals surface area contributed by atoms with Crippen LogP contribution in [0.25, 0.3) is 11.3 Å². The molecule has 0 radical (unpaired) electrons. The monoisotopic (exact) mass is 429 g/mol. The van der Waals surface area contributed by atoms with Crippen LogP contribution >= 0.6 is 11.6 Å². The summed E-state index contributed by atoms with van der Waals surface area (Å²) in [4.78, 5) is 9.33. The molecule has 0 spiro atoms. The number of nitrogens with zero attached hydrogens (tertiary/aromatic N) is 3. The molecule has 2 aromatic rings. The number of nitrogens with one attached hydrogen (secondary N) is 2. The SMILES string of the molecule is CCCCCN[C@H]1CC[C@H](Nc2ncc(Cl)c(-c3ccn(C)c3CC3CC3)n2)CC1. The molecule has 0 aliphatic heterocycles. The third kappa shape index (κ3) is 5.55. The highest BCUT2D eigenvalue weighted by atomic mass is 35.5. The Kier molecular flexibility index (Phi) is 7.32. The molecule has 2 N–H and O–H groups in total. The van der Waals surface area contributed by atoms with E-state index in [-0.39, 0.29) is 0 Å². The molecule has 5 nitrogen and oxygen atoms in total. The van der Waals surface area contributed by atoms with Gasteiger partial charge in [0.25, 0.3) is 0 Å². The molecule has 0 amide bonds. The van der Waals surface area contributed by atoms with E-state index in [9.17, 15) is 0 Å². The summed E-state index contributed by atoms with van der Waals surface area (Å²) in [5.41, 5.74) is 3.34. The fraction of sp³-hybridized carbons (Fsp3) is 0.667. The minimum atomic E-state index is 0.439. The number of anilines is 1. The van der Waals surface area contributed by atoms with Crippen molar-refractivity contribution in [3.05, 3.63) is 29.2 Å². The van der Waals surface area contributed by atoms with Gasteiger partial charge < -0.3 is 15.2 Å². The van der Waals surface area contributed by atoms with Crippen molar-refractivity contribution in [1.29, 1.82) is 0 Å². The molecule has 4 rings (SSSR count). The van der Waals surface area contributed by atoms with Gasteiger partial charge in [-0.1, -0.05) is 31.4 Å². The summed E-state index contributed by atoms with van der Waals surface area (Å²) in [6.45, 7) is 3.41. The zero-order valence-corrected chi connectivity index (χ0v) is 19.2. The number of aromatic nitrogens is 3. The predicted molar refractivity (Wildman–Crippen MR) is 125 cm³/mol. The first-order valence-corrected chi connectivity index (χ1v) is 12.2. The minimum Gasteiger partial charge on any atom is -0.354 e. The molecular formula is C24H36ClN5. The Morgan fingerprint density at radius 1 is 1.10 bits per heavy atom. The van der Waals surface area contributed by atoms with E-state index >= 15 is 0 Å². The Labute approximate surface area is 186 Å². The summed E-state index contributed by atoms with van der Waals surface area (Å²) in [6, 6.07) is 3.25. The standard InChI is InChI=1S/C24H36ClN5/c1-3-4-5-13-26-18-8-10-19(11-9-18)28-24-27-16-21(25)23(29-24)20-12-14-30(2)22(20)15-17-6-7-17/h12,14,16-19,26H,3-11,13,15H2,1-2H3,(H,27,28,29)/t18-,19-. The van der Waals surface area contributed by atoms with Crippen LogP contribution in [0.5, 0.6) is 0 Å². The first-order chi connectivity index (χ1) is 14.6. The van der Waals surface area contributed by atoms with Gasteiger partial charge in [-0.2, -0.15) is 0 Å². The molecule has 30 heavy (non-hydrogen) atoms. The lowest BCUT2D eigenvalue weighted by Gasteiger charge is -2.30. The van der Waals surface area contributed by atoms with Crippen LogP contribution in [0, 0.1) is 5.92 Å². The Balaban J connectivity index is 1.37. The lowest BCUT2D eigenvalue weighted by Crippen LogP contribution is -2.37. The van der Waals surface area contributed by atoms with E-state index in [1.165, 1.54) is 50.6 Å². The second-order valence-corrected chi connectivity index (χ2v) is 9.59. The Morgan fingerprint density at radius 2 is 1.87 bits per heavy atom. The number of aryl methyl sites for hydroxylation is 1. The summed E-state index contributed by atoms with van der Waals surface area (Å²) in [6.07, 6.45) is 16.3. The van der Waals surface area contributed by atoms with E-state index in [1.807, 2.05) is 0 Å². The van der Waals surface area contributed by atoms with Crippen molar-refractivity contribution < 1.29 is 0 Å². The lowest BCUT2D eigenvalue weighted by atomic mass is 9.91. The summed E-state index contributed by atoms with van der Waals surface area (Å²) >= 11 is 6.53. The number of hydrogen-bond donors (Lipinski definition) is 2. The zero-order chi connectivity index (χ0) is 20.9. The summed E-state index contributed by atoms with van der Waals surface area (Å²) in [5, 5.41) is 7.94. The largest absolute Gasteiger partial charge is 0.354 e. The first kappa shape index (κ1) is 21.6. The lowest BCUT2D eigenvalue weighted by molar-refractivity contribution is 0.351. The van der Waals surface area contributed by atoms with Gasteiger partial charge in [0.05, 0.1) is 16.9 Å². The quantitative estimate of drug-likeness (QED) is 0.483. The zero-order valence-electron chi connectivity index (χ0n) is 18.5. The normalized spacial score (nSPS) is 21.7. The van der Waals surface area contributed by atoms with E-state index in [4.69, 9.17) is 16.6 Å². The molecule has 2 fully saturated rings. The molecule has 0 unspecified atom stereocenters. The molecule has 164 valence electrons. The fourth-order valence-corrected chi connectivity index (χ4v) is 4.75. The number of halogens is 1. The molecule has 2 aliphatic carbocycles. The highest BCUT2D eigenvalue weighted by molar-refractivity contribution is 6.33. The van der Waals surface area contributed by atoms with Crippen molar-refractivity contribution in [2.75, 3.05) is 11.9 Å². The average molecular weight is 430 g/mol. The smallest absolute Gasteiger partial charge is 0.223 e. The van der Waals surface area contributed by atoms with Gasteiger partial charge in [-0.05, 0) is 69.9 Å². The van der Waals surface area contributed by atoms with Crippen LogP contribution < -0.4 is 10.6 Å². The van der Waals surface area contributed by atoms with Gasteiger partial charge in [0.2, 0.25) is 5.95 Å². The molecule has 0 atom stereocenters. The molecule has 2 aliphatic rings. The minimum absolute atomic E-state index is 0.439. The maximum Gasteiger partial charge on any atom is 0.223 e. The summed E-state index contributed by atoms with van der Waals surface area (Å²) in [5.74, 6) is 1.52. The van der Waals surface area contributed by atoms with Gasteiger partial charge in [0.1, 0.15) is 0 Å². The second-order valence-electron chi connectivity index (χ2n) is 9.18. The first-order valence-electron chi connectivity index (χ1n) is 11.8. The fourth-order valence-electron chi connectivity index (χ4n) is 4.56.